The van der Waals surface area contributed by atoms with E-state index >= 15 is 0 Å². The summed E-state index contributed by atoms with van der Waals surface area (Å²) in [6, 6.07) is 16.4. The second kappa shape index (κ2) is 13.8. The maximum absolute atomic E-state index is 3.04. The Labute approximate surface area is 251 Å². The van der Waals surface area contributed by atoms with Crippen LogP contribution in [0.2, 0.25) is 9.41 Å². The topological polar surface area (TPSA) is 3.24 Å². The molecule has 0 aromatic heterocycles. The monoisotopic (exact) mass is 601 g/mol. The second-order valence-electron chi connectivity index (χ2n) is 13.9. The number of hydrogen-bond acceptors (Lipinski definition) is 1. The number of benzene rings is 2. The summed E-state index contributed by atoms with van der Waals surface area (Å²) >= 11 is -1.25. The zero-order chi connectivity index (χ0) is 27.3. The number of hydrogen-bond donors (Lipinski definition) is 0. The van der Waals surface area contributed by atoms with Crippen LogP contribution in [0.15, 0.2) is 36.4 Å². The van der Waals surface area contributed by atoms with Gasteiger partial charge in [0.1, 0.15) is 0 Å². The van der Waals surface area contributed by atoms with Crippen molar-refractivity contribution >= 4 is 24.7 Å². The van der Waals surface area contributed by atoms with Crippen LogP contribution in [0.5, 0.6) is 0 Å². The SMILES string of the molecule is Cc1cccc(N(C2CCCCC2)C2CCCCC2)c1-c1c(C)cccc1[As](C1CCCCC1)C1CCCCC1. The third kappa shape index (κ3) is 6.26. The van der Waals surface area contributed by atoms with Gasteiger partial charge in [0.15, 0.2) is 0 Å². The Bertz CT molecular complexity index is 959. The molecule has 0 N–H and O–H groups in total. The van der Waals surface area contributed by atoms with Gasteiger partial charge < -0.3 is 0 Å². The van der Waals surface area contributed by atoms with Crippen molar-refractivity contribution in [2.24, 2.45) is 0 Å². The summed E-state index contributed by atoms with van der Waals surface area (Å²) in [5.74, 6) is 0. The Morgan fingerprint density at radius 1 is 0.500 bits per heavy atom. The molecule has 4 aliphatic rings. The van der Waals surface area contributed by atoms with Gasteiger partial charge in [0, 0.05) is 0 Å². The number of anilines is 1. The van der Waals surface area contributed by atoms with Crippen molar-refractivity contribution in [3.63, 3.8) is 0 Å². The van der Waals surface area contributed by atoms with Gasteiger partial charge in [0.05, 0.1) is 0 Å². The Balaban J connectivity index is 1.49. The van der Waals surface area contributed by atoms with Crippen LogP contribution in [0, 0.1) is 13.8 Å². The van der Waals surface area contributed by atoms with Crippen LogP contribution in [0.1, 0.15) is 140 Å². The van der Waals surface area contributed by atoms with Gasteiger partial charge in [-0.3, -0.25) is 0 Å². The molecule has 6 rings (SSSR count). The molecule has 2 heteroatoms. The van der Waals surface area contributed by atoms with Crippen LogP contribution < -0.4 is 9.25 Å². The molecule has 0 spiro atoms. The molecule has 0 saturated heterocycles. The first-order valence-corrected chi connectivity index (χ1v) is 20.6. The molecule has 4 fully saturated rings. The van der Waals surface area contributed by atoms with Gasteiger partial charge >= 0.3 is 252 Å². The number of aryl methyl sites for hydroxylation is 2. The van der Waals surface area contributed by atoms with E-state index in [-0.39, 0.29) is 0 Å². The molecular weight excluding hydrogens is 545 g/mol. The molecular formula is C38H56AsN. The Kier molecular flexibility index (Phi) is 10.0. The first-order valence-electron chi connectivity index (χ1n) is 17.5. The minimum absolute atomic E-state index is 0.732. The van der Waals surface area contributed by atoms with Crippen LogP contribution in [-0.2, 0) is 0 Å². The molecule has 0 unspecified atom stereocenters. The molecule has 0 bridgehead atoms. The van der Waals surface area contributed by atoms with Gasteiger partial charge in [-0.05, 0) is 0 Å². The van der Waals surface area contributed by atoms with Crippen LogP contribution in [-0.4, -0.2) is 26.7 Å². The molecule has 2 aromatic carbocycles. The summed E-state index contributed by atoms with van der Waals surface area (Å²) in [4.78, 5) is 3.04. The summed E-state index contributed by atoms with van der Waals surface area (Å²) in [6.45, 7) is 4.89. The molecule has 1 nitrogen and oxygen atoms in total. The standard InChI is InChI=1S/C38H56AsN/c1-29-17-15-27-35(39(31-19-7-3-8-20-31)32-21-9-4-10-22-32)37(29)38-30(2)18-16-28-36(38)40(33-23-11-5-12-24-33)34-25-13-6-14-26-34/h15-18,27-28,31-34H,3-14,19-26H2,1-2H3. The van der Waals surface area contributed by atoms with E-state index < -0.39 is 14.7 Å². The van der Waals surface area contributed by atoms with Crippen molar-refractivity contribution in [1.82, 2.24) is 0 Å². The average Bonchev–Trinajstić information content (AvgIpc) is 3.01. The molecule has 2 aromatic rings. The summed E-state index contributed by atoms with van der Waals surface area (Å²) in [5, 5.41) is 0. The van der Waals surface area contributed by atoms with Gasteiger partial charge in [-0.25, -0.2) is 0 Å². The fraction of sp³-hybridized carbons (Fsp3) is 0.684. The zero-order valence-electron chi connectivity index (χ0n) is 25.8. The molecule has 4 aliphatic carbocycles. The first kappa shape index (κ1) is 28.9. The van der Waals surface area contributed by atoms with Crippen molar-refractivity contribution < 1.29 is 0 Å². The summed E-state index contributed by atoms with van der Waals surface area (Å²) in [6.07, 6.45) is 29.1. The fourth-order valence-corrected chi connectivity index (χ4v) is 17.7. The van der Waals surface area contributed by atoms with Crippen LogP contribution in [0.25, 0.3) is 11.1 Å². The van der Waals surface area contributed by atoms with E-state index in [1.54, 1.807) is 22.4 Å². The molecule has 0 radical (unpaired) electrons. The minimum atomic E-state index is -1.25. The van der Waals surface area contributed by atoms with Crippen LogP contribution in [0.4, 0.5) is 5.69 Å². The molecule has 0 heterocycles. The summed E-state index contributed by atoms with van der Waals surface area (Å²) < 4.78 is 3.91. The van der Waals surface area contributed by atoms with Crippen molar-refractivity contribution in [2.75, 3.05) is 4.90 Å². The van der Waals surface area contributed by atoms with E-state index in [9.17, 15) is 0 Å². The second-order valence-corrected chi connectivity index (χ2v) is 19.7. The molecule has 40 heavy (non-hydrogen) atoms. The third-order valence-electron chi connectivity index (χ3n) is 11.2. The fourth-order valence-electron chi connectivity index (χ4n) is 9.21. The van der Waals surface area contributed by atoms with E-state index in [1.807, 2.05) is 4.35 Å². The molecule has 0 amide bonds. The van der Waals surface area contributed by atoms with Gasteiger partial charge in [0.25, 0.3) is 0 Å². The zero-order valence-corrected chi connectivity index (χ0v) is 27.7. The Morgan fingerprint density at radius 3 is 1.43 bits per heavy atom. The maximum atomic E-state index is 3.04. The van der Waals surface area contributed by atoms with Crippen molar-refractivity contribution in [1.29, 1.82) is 0 Å². The van der Waals surface area contributed by atoms with E-state index in [0.29, 0.717) is 0 Å². The first-order chi connectivity index (χ1) is 19.7. The Hall–Kier alpha value is -1.20. The molecule has 0 aliphatic heterocycles. The van der Waals surface area contributed by atoms with E-state index in [1.165, 1.54) is 134 Å². The van der Waals surface area contributed by atoms with Crippen molar-refractivity contribution in [3.05, 3.63) is 47.5 Å². The number of rotatable bonds is 7. The predicted octanol–water partition coefficient (Wildman–Crippen LogP) is 10.8. The van der Waals surface area contributed by atoms with E-state index in [4.69, 9.17) is 0 Å². The van der Waals surface area contributed by atoms with E-state index in [0.717, 1.165) is 21.5 Å². The summed E-state index contributed by atoms with van der Waals surface area (Å²) in [5.41, 5.74) is 8.01. The molecule has 4 saturated carbocycles. The van der Waals surface area contributed by atoms with Crippen molar-refractivity contribution in [3.8, 4) is 11.1 Å². The quantitative estimate of drug-likeness (QED) is 0.285. The predicted molar refractivity (Wildman–Crippen MR) is 177 cm³/mol. The van der Waals surface area contributed by atoms with Crippen LogP contribution >= 0.6 is 0 Å². The number of nitrogens with zero attached hydrogens (tertiary/aromatic N) is 1. The van der Waals surface area contributed by atoms with Crippen molar-refractivity contribution in [2.45, 2.75) is 164 Å². The summed E-state index contributed by atoms with van der Waals surface area (Å²) in [7, 11) is 0. The van der Waals surface area contributed by atoms with Gasteiger partial charge in [-0.15, -0.1) is 0 Å². The van der Waals surface area contributed by atoms with E-state index in [2.05, 4.69) is 55.1 Å². The molecule has 0 atom stereocenters. The normalized spacial score (nSPS) is 22.6. The third-order valence-corrected chi connectivity index (χ3v) is 18.6. The van der Waals surface area contributed by atoms with Crippen LogP contribution in [0.3, 0.4) is 0 Å². The van der Waals surface area contributed by atoms with Gasteiger partial charge in [-0.2, -0.15) is 0 Å². The average molecular weight is 602 g/mol. The van der Waals surface area contributed by atoms with Gasteiger partial charge in [0.2, 0.25) is 0 Å². The molecule has 218 valence electrons. The van der Waals surface area contributed by atoms with Gasteiger partial charge in [-0.1, -0.05) is 0 Å². The Morgan fingerprint density at radius 2 is 0.925 bits per heavy atom.